The summed E-state index contributed by atoms with van der Waals surface area (Å²) in [5.74, 6) is 1.81. The molecule has 0 aromatic carbocycles. The molecule has 1 heterocycles. The zero-order chi connectivity index (χ0) is 15.0. The molecule has 3 N–H and O–H groups in total. The Bertz CT molecular complexity index is 564. The maximum Gasteiger partial charge on any atom is 0.173 e. The third kappa shape index (κ3) is 2.82. The summed E-state index contributed by atoms with van der Waals surface area (Å²) in [7, 11) is 0. The summed E-state index contributed by atoms with van der Waals surface area (Å²) >= 11 is 0. The number of aryl methyl sites for hydroxylation is 2. The molecule has 2 aliphatic carbocycles. The van der Waals surface area contributed by atoms with Crippen LogP contribution in [0.15, 0.2) is 11.2 Å². The predicted octanol–water partition coefficient (Wildman–Crippen LogP) is 2.29. The van der Waals surface area contributed by atoms with Crippen LogP contribution < -0.4 is 10.6 Å². The summed E-state index contributed by atoms with van der Waals surface area (Å²) in [5, 5.41) is 12.3. The first-order valence-electron chi connectivity index (χ1n) is 7.87. The second kappa shape index (κ2) is 5.54. The van der Waals surface area contributed by atoms with E-state index in [1.807, 2.05) is 0 Å². The molecule has 1 fully saturated rings. The zero-order valence-electron chi connectivity index (χ0n) is 12.8. The summed E-state index contributed by atoms with van der Waals surface area (Å²) in [6, 6.07) is 2.42. The lowest BCUT2D eigenvalue weighted by molar-refractivity contribution is 0.318. The third-order valence-electron chi connectivity index (χ3n) is 4.46. The first-order chi connectivity index (χ1) is 10.1. The molecule has 0 saturated heterocycles. The summed E-state index contributed by atoms with van der Waals surface area (Å²) in [6.45, 7) is 5.36. The summed E-state index contributed by atoms with van der Waals surface area (Å²) in [4.78, 5) is 7.19. The van der Waals surface area contributed by atoms with Crippen LogP contribution in [0.25, 0.3) is 0 Å². The molecule has 0 bridgehead atoms. The standard InChI is InChI=1S/C16H24N4O/c1-10(2)20(9-11-6-7-11)16-13(15(17)19-21)8-12-4-3-5-14(12)18-16/h8,10-11,21H,3-7,9H2,1-2H3,(H2,17,19). The number of oxime groups is 1. The summed E-state index contributed by atoms with van der Waals surface area (Å²) < 4.78 is 0. The normalized spacial score (nSPS) is 18.1. The fourth-order valence-corrected chi connectivity index (χ4v) is 3.04. The molecule has 1 aromatic rings. The number of pyridine rings is 1. The van der Waals surface area contributed by atoms with Crippen molar-refractivity contribution in [1.82, 2.24) is 4.98 Å². The molecule has 0 amide bonds. The first-order valence-corrected chi connectivity index (χ1v) is 7.87. The number of amidine groups is 1. The Morgan fingerprint density at radius 2 is 2.24 bits per heavy atom. The van der Waals surface area contributed by atoms with Crippen LogP contribution in [0, 0.1) is 5.92 Å². The minimum atomic E-state index is 0.161. The maximum atomic E-state index is 9.09. The molecule has 0 aliphatic heterocycles. The molecule has 1 aromatic heterocycles. The Kier molecular flexibility index (Phi) is 3.74. The molecule has 114 valence electrons. The molecule has 0 radical (unpaired) electrons. The summed E-state index contributed by atoms with van der Waals surface area (Å²) in [6.07, 6.45) is 5.82. The SMILES string of the molecule is CC(C)N(CC1CC1)c1nc2c(cc1C(N)=NO)CCC2. The van der Waals surface area contributed by atoms with Gasteiger partial charge in [-0.1, -0.05) is 5.16 Å². The number of nitrogens with two attached hydrogens (primary N) is 1. The van der Waals surface area contributed by atoms with E-state index in [1.165, 1.54) is 24.1 Å². The van der Waals surface area contributed by atoms with E-state index in [2.05, 4.69) is 30.0 Å². The molecule has 0 unspecified atom stereocenters. The Balaban J connectivity index is 2.04. The van der Waals surface area contributed by atoms with Crippen LogP contribution >= 0.6 is 0 Å². The number of hydrogen-bond donors (Lipinski definition) is 2. The largest absolute Gasteiger partial charge is 0.409 e. The van der Waals surface area contributed by atoms with Crippen LogP contribution in [0.2, 0.25) is 0 Å². The molecule has 0 spiro atoms. The molecule has 21 heavy (non-hydrogen) atoms. The van der Waals surface area contributed by atoms with Gasteiger partial charge in [0.2, 0.25) is 0 Å². The van der Waals surface area contributed by atoms with Crippen molar-refractivity contribution in [3.63, 3.8) is 0 Å². The molecule has 3 rings (SSSR count). The first kappa shape index (κ1) is 14.2. The molecule has 0 atom stereocenters. The molecular formula is C16H24N4O. The predicted molar refractivity (Wildman–Crippen MR) is 84.0 cm³/mol. The lowest BCUT2D eigenvalue weighted by Gasteiger charge is -2.30. The fraction of sp³-hybridized carbons (Fsp3) is 0.625. The van der Waals surface area contributed by atoms with Gasteiger partial charge >= 0.3 is 0 Å². The monoisotopic (exact) mass is 288 g/mol. The number of fused-ring (bicyclic) bond motifs is 1. The van der Waals surface area contributed by atoms with E-state index in [4.69, 9.17) is 15.9 Å². The molecule has 5 heteroatoms. The maximum absolute atomic E-state index is 9.09. The topological polar surface area (TPSA) is 74.7 Å². The van der Waals surface area contributed by atoms with E-state index in [0.717, 1.165) is 43.1 Å². The highest BCUT2D eigenvalue weighted by atomic mass is 16.4. The minimum absolute atomic E-state index is 0.161. The van der Waals surface area contributed by atoms with Crippen LogP contribution in [0.5, 0.6) is 0 Å². The van der Waals surface area contributed by atoms with Crippen LogP contribution in [0.3, 0.4) is 0 Å². The van der Waals surface area contributed by atoms with Crippen molar-refractivity contribution in [1.29, 1.82) is 0 Å². The van der Waals surface area contributed by atoms with Gasteiger partial charge in [0.15, 0.2) is 5.84 Å². The van der Waals surface area contributed by atoms with Gasteiger partial charge in [0.05, 0.1) is 5.56 Å². The third-order valence-corrected chi connectivity index (χ3v) is 4.46. The van der Waals surface area contributed by atoms with Gasteiger partial charge in [0.1, 0.15) is 5.82 Å². The number of rotatable bonds is 5. The van der Waals surface area contributed by atoms with E-state index in [0.29, 0.717) is 6.04 Å². The van der Waals surface area contributed by atoms with Gasteiger partial charge in [-0.2, -0.15) is 0 Å². The van der Waals surface area contributed by atoms with Crippen LogP contribution in [0.1, 0.15) is 49.9 Å². The lowest BCUT2D eigenvalue weighted by atomic mass is 10.1. The highest BCUT2D eigenvalue weighted by Gasteiger charge is 2.29. The van der Waals surface area contributed by atoms with Gasteiger partial charge in [-0.3, -0.25) is 0 Å². The molecule has 2 aliphatic rings. The Hall–Kier alpha value is -1.78. The molecular weight excluding hydrogens is 264 g/mol. The second-order valence-electron chi connectivity index (χ2n) is 6.49. The quantitative estimate of drug-likeness (QED) is 0.377. The number of anilines is 1. The lowest BCUT2D eigenvalue weighted by Crippen LogP contribution is -2.36. The number of aromatic nitrogens is 1. The van der Waals surface area contributed by atoms with Gasteiger partial charge in [0, 0.05) is 18.3 Å². The summed E-state index contributed by atoms with van der Waals surface area (Å²) in [5.41, 5.74) is 9.10. The van der Waals surface area contributed by atoms with Crippen molar-refractivity contribution >= 4 is 11.7 Å². The Morgan fingerprint density at radius 1 is 1.48 bits per heavy atom. The average molecular weight is 288 g/mol. The van der Waals surface area contributed by atoms with Crippen molar-refractivity contribution in [2.75, 3.05) is 11.4 Å². The van der Waals surface area contributed by atoms with E-state index < -0.39 is 0 Å². The van der Waals surface area contributed by atoms with Crippen molar-refractivity contribution in [3.05, 3.63) is 22.9 Å². The molecule has 5 nitrogen and oxygen atoms in total. The van der Waals surface area contributed by atoms with E-state index in [9.17, 15) is 0 Å². The second-order valence-corrected chi connectivity index (χ2v) is 6.49. The highest BCUT2D eigenvalue weighted by molar-refractivity contribution is 6.01. The van der Waals surface area contributed by atoms with Crippen molar-refractivity contribution in [3.8, 4) is 0 Å². The number of hydrogen-bond acceptors (Lipinski definition) is 4. The van der Waals surface area contributed by atoms with Gasteiger partial charge in [-0.25, -0.2) is 4.98 Å². The van der Waals surface area contributed by atoms with Crippen molar-refractivity contribution in [2.24, 2.45) is 16.8 Å². The van der Waals surface area contributed by atoms with E-state index >= 15 is 0 Å². The fourth-order valence-electron chi connectivity index (χ4n) is 3.04. The van der Waals surface area contributed by atoms with Gasteiger partial charge < -0.3 is 15.8 Å². The molecule has 1 saturated carbocycles. The number of nitrogens with zero attached hydrogens (tertiary/aromatic N) is 3. The zero-order valence-corrected chi connectivity index (χ0v) is 12.8. The Labute approximate surface area is 125 Å². The highest BCUT2D eigenvalue weighted by Crippen LogP contribution is 2.34. The van der Waals surface area contributed by atoms with Crippen molar-refractivity contribution in [2.45, 2.75) is 52.0 Å². The van der Waals surface area contributed by atoms with Crippen LogP contribution in [0.4, 0.5) is 5.82 Å². The van der Waals surface area contributed by atoms with Crippen molar-refractivity contribution < 1.29 is 5.21 Å². The van der Waals surface area contributed by atoms with Gasteiger partial charge in [-0.05, 0) is 63.5 Å². The van der Waals surface area contributed by atoms with Crippen LogP contribution in [-0.2, 0) is 12.8 Å². The van der Waals surface area contributed by atoms with E-state index in [1.54, 1.807) is 0 Å². The minimum Gasteiger partial charge on any atom is -0.409 e. The average Bonchev–Trinajstić information content (AvgIpc) is 3.18. The Morgan fingerprint density at radius 3 is 2.86 bits per heavy atom. The van der Waals surface area contributed by atoms with Gasteiger partial charge in [-0.15, -0.1) is 0 Å². The smallest absolute Gasteiger partial charge is 0.173 e. The van der Waals surface area contributed by atoms with Crippen LogP contribution in [-0.4, -0.2) is 28.6 Å². The van der Waals surface area contributed by atoms with Gasteiger partial charge in [0.25, 0.3) is 0 Å². The van der Waals surface area contributed by atoms with E-state index in [-0.39, 0.29) is 5.84 Å².